The van der Waals surface area contributed by atoms with Crippen molar-refractivity contribution in [2.24, 2.45) is 11.8 Å². The van der Waals surface area contributed by atoms with E-state index in [-0.39, 0.29) is 57.0 Å². The third-order valence-corrected chi connectivity index (χ3v) is 9.51. The van der Waals surface area contributed by atoms with E-state index in [4.69, 9.17) is 14.2 Å². The summed E-state index contributed by atoms with van der Waals surface area (Å²) in [5.41, 5.74) is -0.748. The normalized spacial score (nSPS) is 33.4. The third-order valence-electron chi connectivity index (χ3n) is 8.83. The second-order valence-electron chi connectivity index (χ2n) is 11.9. The summed E-state index contributed by atoms with van der Waals surface area (Å²) < 4.78 is 18.8. The van der Waals surface area contributed by atoms with E-state index < -0.39 is 53.6 Å². The molecule has 44 heavy (non-hydrogen) atoms. The van der Waals surface area contributed by atoms with Crippen molar-refractivity contribution in [2.45, 2.75) is 69.0 Å². The standard InChI is InChI=1S/C32H40BrN3O8/c1-19(2)35-14-9-5-8-13-23(38)34-22(18-42-3)26(20-11-6-4-7-12-20)43-31(41)24-25-29(39)36(15-10-16-37)28(30(35)40)32(25)17-21(33)27(24)44-32/h4-7,9,11-12,17,19,22,24-28,37H,8,10,13-16,18H2,1-3H3,(H,34,38)/b9-5-/t22-,24+,25-,26-,27+,28+,32-/m0/s1. The van der Waals surface area contributed by atoms with Gasteiger partial charge in [-0.25, -0.2) is 0 Å². The number of nitrogens with one attached hydrogen (secondary N) is 1. The molecule has 0 radical (unpaired) electrons. The fraction of sp³-hybridized carbons (Fsp3) is 0.562. The Labute approximate surface area is 265 Å². The van der Waals surface area contributed by atoms with Gasteiger partial charge in [0.2, 0.25) is 17.7 Å². The van der Waals surface area contributed by atoms with Crippen molar-refractivity contribution < 1.29 is 38.5 Å². The van der Waals surface area contributed by atoms with Gasteiger partial charge in [0.05, 0.1) is 18.6 Å². The molecule has 1 aromatic carbocycles. The van der Waals surface area contributed by atoms with E-state index in [1.807, 2.05) is 44.2 Å². The Morgan fingerprint density at radius 1 is 1.11 bits per heavy atom. The Balaban J connectivity index is 1.62. The predicted octanol–water partition coefficient (Wildman–Crippen LogP) is 2.24. The number of allylic oxidation sites excluding steroid dienone is 1. The minimum absolute atomic E-state index is 0.0732. The number of methoxy groups -OCH3 is 1. The quantitative estimate of drug-likeness (QED) is 0.333. The van der Waals surface area contributed by atoms with E-state index in [1.54, 1.807) is 23.1 Å². The second kappa shape index (κ2) is 13.5. The highest BCUT2D eigenvalue weighted by molar-refractivity contribution is 9.11. The molecule has 4 heterocycles. The van der Waals surface area contributed by atoms with Gasteiger partial charge in [0.25, 0.3) is 0 Å². The van der Waals surface area contributed by atoms with Gasteiger partial charge >= 0.3 is 5.97 Å². The molecule has 12 heteroatoms. The van der Waals surface area contributed by atoms with Crippen LogP contribution in [0.4, 0.5) is 0 Å². The summed E-state index contributed by atoms with van der Waals surface area (Å²) in [6.07, 6.45) is 4.59. The maximum Gasteiger partial charge on any atom is 0.313 e. The number of ether oxygens (including phenoxy) is 3. The number of hydrogen-bond donors (Lipinski definition) is 2. The highest BCUT2D eigenvalue weighted by Crippen LogP contribution is 2.59. The van der Waals surface area contributed by atoms with Crippen LogP contribution in [-0.4, -0.2) is 102 Å². The summed E-state index contributed by atoms with van der Waals surface area (Å²) in [4.78, 5) is 59.0. The molecule has 0 unspecified atom stereocenters. The predicted molar refractivity (Wildman–Crippen MR) is 163 cm³/mol. The second-order valence-corrected chi connectivity index (χ2v) is 12.8. The number of fused-ring (bicyclic) bond motifs is 2. The highest BCUT2D eigenvalue weighted by Gasteiger charge is 2.75. The van der Waals surface area contributed by atoms with Crippen LogP contribution in [0.3, 0.4) is 0 Å². The lowest BCUT2D eigenvalue weighted by Crippen LogP contribution is -2.57. The van der Waals surface area contributed by atoms with Crippen molar-refractivity contribution >= 4 is 39.6 Å². The summed E-state index contributed by atoms with van der Waals surface area (Å²) in [5.74, 6) is -3.68. The Morgan fingerprint density at radius 2 is 1.86 bits per heavy atom. The molecule has 5 rings (SSSR count). The fourth-order valence-electron chi connectivity index (χ4n) is 6.87. The van der Waals surface area contributed by atoms with Crippen LogP contribution < -0.4 is 5.32 Å². The molecule has 1 spiro atoms. The zero-order valence-electron chi connectivity index (χ0n) is 25.2. The smallest absolute Gasteiger partial charge is 0.313 e. The number of nitrogens with zero attached hydrogens (tertiary/aromatic N) is 2. The van der Waals surface area contributed by atoms with Crippen LogP contribution in [0.5, 0.6) is 0 Å². The number of cyclic esters (lactones) is 1. The van der Waals surface area contributed by atoms with Crippen LogP contribution in [0.25, 0.3) is 0 Å². The van der Waals surface area contributed by atoms with Crippen LogP contribution in [-0.2, 0) is 33.4 Å². The number of benzene rings is 1. The van der Waals surface area contributed by atoms with Gasteiger partial charge in [0.15, 0.2) is 0 Å². The monoisotopic (exact) mass is 673 g/mol. The molecule has 2 fully saturated rings. The molecule has 7 atom stereocenters. The molecule has 4 aliphatic heterocycles. The maximum absolute atomic E-state index is 14.4. The number of hydrogen-bond acceptors (Lipinski definition) is 8. The Morgan fingerprint density at radius 3 is 2.55 bits per heavy atom. The summed E-state index contributed by atoms with van der Waals surface area (Å²) in [6, 6.07) is 7.11. The molecule has 0 aromatic heterocycles. The number of rotatable bonds is 7. The van der Waals surface area contributed by atoms with Gasteiger partial charge in [-0.1, -0.05) is 58.4 Å². The summed E-state index contributed by atoms with van der Waals surface area (Å²) in [7, 11) is 1.51. The van der Waals surface area contributed by atoms with E-state index >= 15 is 0 Å². The average molecular weight is 675 g/mol. The van der Waals surface area contributed by atoms with E-state index in [2.05, 4.69) is 21.2 Å². The van der Waals surface area contributed by atoms with Gasteiger partial charge in [-0.15, -0.1) is 0 Å². The number of carbonyl (C=O) groups excluding carboxylic acids is 4. The molecule has 11 nitrogen and oxygen atoms in total. The first kappa shape index (κ1) is 32.3. The average Bonchev–Trinajstić information content (AvgIpc) is 3.59. The largest absolute Gasteiger partial charge is 0.455 e. The fourth-order valence-corrected chi connectivity index (χ4v) is 7.61. The van der Waals surface area contributed by atoms with E-state index in [9.17, 15) is 24.3 Å². The molecule has 5 bridgehead atoms. The number of esters is 1. The summed E-state index contributed by atoms with van der Waals surface area (Å²) >= 11 is 3.56. The van der Waals surface area contributed by atoms with Crippen molar-refractivity contribution in [1.82, 2.24) is 15.1 Å². The first-order chi connectivity index (χ1) is 21.1. The maximum atomic E-state index is 14.4. The van der Waals surface area contributed by atoms with Crippen LogP contribution in [0.15, 0.2) is 53.0 Å². The molecule has 4 aliphatic rings. The summed E-state index contributed by atoms with van der Waals surface area (Å²) in [6.45, 7) is 4.08. The van der Waals surface area contributed by atoms with Crippen LogP contribution >= 0.6 is 15.9 Å². The van der Waals surface area contributed by atoms with E-state index in [1.165, 1.54) is 12.0 Å². The molecule has 1 aromatic rings. The number of aliphatic hydroxyl groups is 1. The molecular formula is C32H40BrN3O8. The van der Waals surface area contributed by atoms with Gasteiger partial charge in [0.1, 0.15) is 29.8 Å². The Bertz CT molecular complexity index is 1320. The van der Waals surface area contributed by atoms with Gasteiger partial charge in [-0.05, 0) is 38.3 Å². The molecule has 2 saturated heterocycles. The number of likely N-dealkylation sites (tertiary alicyclic amines) is 1. The van der Waals surface area contributed by atoms with Crippen molar-refractivity contribution in [3.05, 3.63) is 58.6 Å². The number of amides is 3. The van der Waals surface area contributed by atoms with E-state index in [0.29, 0.717) is 16.5 Å². The highest BCUT2D eigenvalue weighted by atomic mass is 79.9. The van der Waals surface area contributed by atoms with Gasteiger partial charge < -0.3 is 34.4 Å². The van der Waals surface area contributed by atoms with Gasteiger partial charge in [-0.2, -0.15) is 0 Å². The van der Waals surface area contributed by atoms with Crippen LogP contribution in [0.2, 0.25) is 0 Å². The van der Waals surface area contributed by atoms with Crippen molar-refractivity contribution in [3.63, 3.8) is 0 Å². The molecule has 3 amide bonds. The van der Waals surface area contributed by atoms with Crippen LogP contribution in [0, 0.1) is 11.8 Å². The molecule has 2 N–H and O–H groups in total. The number of carbonyl (C=O) groups is 4. The lowest BCUT2D eigenvalue weighted by molar-refractivity contribution is -0.162. The van der Waals surface area contributed by atoms with Crippen molar-refractivity contribution in [1.29, 1.82) is 0 Å². The zero-order chi connectivity index (χ0) is 31.6. The van der Waals surface area contributed by atoms with Crippen molar-refractivity contribution in [2.75, 3.05) is 33.4 Å². The van der Waals surface area contributed by atoms with Gasteiger partial charge in [-0.3, -0.25) is 19.2 Å². The minimum atomic E-state index is -1.40. The van der Waals surface area contributed by atoms with Crippen molar-refractivity contribution in [3.8, 4) is 0 Å². The van der Waals surface area contributed by atoms with Gasteiger partial charge in [0, 0.05) is 43.8 Å². The number of aliphatic hydroxyl groups excluding tert-OH is 1. The van der Waals surface area contributed by atoms with Crippen LogP contribution in [0.1, 0.15) is 44.8 Å². The molecular weight excluding hydrogens is 634 g/mol. The minimum Gasteiger partial charge on any atom is -0.455 e. The SMILES string of the molecule is COC[C@@H]1NC(=O)CC/C=C\CN(C(C)C)C(=O)[C@H]2N(CCCO)C(=O)[C@@H]3[C@@H](C(=O)O[C@H]1c1ccccc1)[C@@H]1O[C@@]32C=C1Br. The zero-order valence-corrected chi connectivity index (χ0v) is 26.8. The Hall–Kier alpha value is -3.06. The topological polar surface area (TPSA) is 135 Å². The van der Waals surface area contributed by atoms with E-state index in [0.717, 1.165) is 0 Å². The lowest BCUT2D eigenvalue weighted by Gasteiger charge is -2.37. The lowest BCUT2D eigenvalue weighted by atomic mass is 9.74. The third kappa shape index (κ3) is 5.84. The first-order valence-electron chi connectivity index (χ1n) is 15.1. The first-order valence-corrected chi connectivity index (χ1v) is 15.9. The summed E-state index contributed by atoms with van der Waals surface area (Å²) in [5, 5.41) is 12.6. The number of halogens is 1. The molecule has 238 valence electrons. The molecule has 0 saturated carbocycles. The Kier molecular flexibility index (Phi) is 9.93. The molecule has 0 aliphatic carbocycles.